The molecule has 4 rings (SSSR count). The van der Waals surface area contributed by atoms with Crippen LogP contribution < -0.4 is 14.8 Å². The van der Waals surface area contributed by atoms with Gasteiger partial charge in [0.25, 0.3) is 0 Å². The van der Waals surface area contributed by atoms with Gasteiger partial charge in [-0.3, -0.25) is 4.79 Å². The quantitative estimate of drug-likeness (QED) is 0.880. The third-order valence-corrected chi connectivity index (χ3v) is 5.54. The number of ether oxygens (including phenoxy) is 2. The lowest BCUT2D eigenvalue weighted by atomic mass is 9.93. The van der Waals surface area contributed by atoms with Crippen LogP contribution in [0.3, 0.4) is 0 Å². The van der Waals surface area contributed by atoms with Gasteiger partial charge in [-0.15, -0.1) is 0 Å². The number of nitrogens with one attached hydrogen (secondary N) is 1. The molecule has 2 atom stereocenters. The average molecular weight is 387 g/mol. The van der Waals surface area contributed by atoms with Gasteiger partial charge in [-0.25, -0.2) is 0 Å². The van der Waals surface area contributed by atoms with Crippen LogP contribution in [-0.2, 0) is 11.2 Å². The highest BCUT2D eigenvalue weighted by Gasteiger charge is 2.35. The molecule has 5 nitrogen and oxygen atoms in total. The molecule has 2 aliphatic heterocycles. The van der Waals surface area contributed by atoms with Crippen LogP contribution in [0, 0.1) is 5.92 Å². The van der Waals surface area contributed by atoms with Crippen LogP contribution >= 0.6 is 11.6 Å². The summed E-state index contributed by atoms with van der Waals surface area (Å²) in [4.78, 5) is 15.3. The lowest BCUT2D eigenvalue weighted by Crippen LogP contribution is -2.52. The highest BCUT2D eigenvalue weighted by Crippen LogP contribution is 2.34. The van der Waals surface area contributed by atoms with Crippen molar-refractivity contribution in [3.63, 3.8) is 0 Å². The maximum absolute atomic E-state index is 13.4. The second-order valence-corrected chi connectivity index (χ2v) is 7.39. The van der Waals surface area contributed by atoms with Crippen molar-refractivity contribution >= 4 is 17.5 Å². The Balaban J connectivity index is 1.58. The molecule has 0 bridgehead atoms. The standard InChI is InChI=1S/C21H23ClN2O3/c1-26-20-5-3-2-4-17(20)18-12-23-8-9-24(18)21(25)15-10-14-11-16(22)6-7-19(14)27-13-15/h2-7,11,15,18,23H,8-10,12-13H2,1H3. The number of methoxy groups -OCH3 is 1. The van der Waals surface area contributed by atoms with Gasteiger partial charge in [0.05, 0.1) is 19.1 Å². The van der Waals surface area contributed by atoms with Crippen molar-refractivity contribution in [2.24, 2.45) is 5.92 Å². The number of halogens is 1. The first-order chi connectivity index (χ1) is 13.2. The van der Waals surface area contributed by atoms with E-state index in [1.54, 1.807) is 7.11 Å². The van der Waals surface area contributed by atoms with E-state index in [1.807, 2.05) is 47.4 Å². The van der Waals surface area contributed by atoms with Crippen molar-refractivity contribution in [1.29, 1.82) is 0 Å². The van der Waals surface area contributed by atoms with Crippen molar-refractivity contribution in [2.45, 2.75) is 12.5 Å². The first-order valence-electron chi connectivity index (χ1n) is 9.22. The van der Waals surface area contributed by atoms with Gasteiger partial charge in [0.15, 0.2) is 0 Å². The minimum Gasteiger partial charge on any atom is -0.496 e. The molecule has 0 aromatic heterocycles. The van der Waals surface area contributed by atoms with E-state index in [1.165, 1.54) is 0 Å². The zero-order valence-electron chi connectivity index (χ0n) is 15.3. The van der Waals surface area contributed by atoms with E-state index in [-0.39, 0.29) is 17.9 Å². The summed E-state index contributed by atoms with van der Waals surface area (Å²) in [6.45, 7) is 2.56. The van der Waals surface area contributed by atoms with E-state index in [9.17, 15) is 4.79 Å². The molecule has 0 spiro atoms. The topological polar surface area (TPSA) is 50.8 Å². The lowest BCUT2D eigenvalue weighted by Gasteiger charge is -2.39. The molecular weight excluding hydrogens is 364 g/mol. The third-order valence-electron chi connectivity index (χ3n) is 5.30. The molecule has 1 fully saturated rings. The molecule has 2 heterocycles. The Labute approximate surface area is 164 Å². The molecule has 2 aliphatic rings. The van der Waals surface area contributed by atoms with Crippen LogP contribution in [0.15, 0.2) is 42.5 Å². The number of nitrogens with zero attached hydrogens (tertiary/aromatic N) is 1. The monoisotopic (exact) mass is 386 g/mol. The van der Waals surface area contributed by atoms with Crippen molar-refractivity contribution in [3.05, 3.63) is 58.6 Å². The summed E-state index contributed by atoms with van der Waals surface area (Å²) in [5, 5.41) is 4.06. The molecule has 1 amide bonds. The molecule has 142 valence electrons. The predicted octanol–water partition coefficient (Wildman–Crippen LogP) is 3.07. The second kappa shape index (κ2) is 7.79. The van der Waals surface area contributed by atoms with Crippen molar-refractivity contribution in [1.82, 2.24) is 10.2 Å². The van der Waals surface area contributed by atoms with Crippen molar-refractivity contribution in [2.75, 3.05) is 33.4 Å². The van der Waals surface area contributed by atoms with Gasteiger partial charge < -0.3 is 19.7 Å². The van der Waals surface area contributed by atoms with Gasteiger partial charge in [0.1, 0.15) is 18.1 Å². The van der Waals surface area contributed by atoms with Crippen LogP contribution in [0.2, 0.25) is 5.02 Å². The van der Waals surface area contributed by atoms with E-state index >= 15 is 0 Å². The summed E-state index contributed by atoms with van der Waals surface area (Å²) < 4.78 is 11.4. The summed E-state index contributed by atoms with van der Waals surface area (Å²) in [5.74, 6) is 1.55. The van der Waals surface area contributed by atoms with Gasteiger partial charge in [0.2, 0.25) is 5.91 Å². The van der Waals surface area contributed by atoms with Gasteiger partial charge in [-0.1, -0.05) is 29.8 Å². The number of benzene rings is 2. The largest absolute Gasteiger partial charge is 0.496 e. The predicted molar refractivity (Wildman–Crippen MR) is 104 cm³/mol. The molecule has 1 N–H and O–H groups in total. The molecule has 27 heavy (non-hydrogen) atoms. The van der Waals surface area contributed by atoms with Gasteiger partial charge in [-0.05, 0) is 36.2 Å². The van der Waals surface area contributed by atoms with Gasteiger partial charge in [0, 0.05) is 30.2 Å². The van der Waals surface area contributed by atoms with E-state index in [0.717, 1.165) is 29.2 Å². The van der Waals surface area contributed by atoms with Gasteiger partial charge >= 0.3 is 0 Å². The van der Waals surface area contributed by atoms with Crippen LogP contribution in [-0.4, -0.2) is 44.2 Å². The Morgan fingerprint density at radius 3 is 3.00 bits per heavy atom. The number of amides is 1. The lowest BCUT2D eigenvalue weighted by molar-refractivity contribution is -0.140. The second-order valence-electron chi connectivity index (χ2n) is 6.96. The number of piperazine rings is 1. The van der Waals surface area contributed by atoms with E-state index in [0.29, 0.717) is 31.1 Å². The highest BCUT2D eigenvalue weighted by molar-refractivity contribution is 6.30. The number of carbonyl (C=O) groups excluding carboxylic acids is 1. The summed E-state index contributed by atoms with van der Waals surface area (Å²) >= 11 is 6.12. The highest BCUT2D eigenvalue weighted by atomic mass is 35.5. The molecule has 2 aromatic rings. The maximum Gasteiger partial charge on any atom is 0.230 e. The number of hydrogen-bond donors (Lipinski definition) is 1. The molecule has 1 saturated heterocycles. The molecule has 6 heteroatoms. The summed E-state index contributed by atoms with van der Waals surface area (Å²) in [6, 6.07) is 13.4. The maximum atomic E-state index is 13.4. The Morgan fingerprint density at radius 2 is 2.15 bits per heavy atom. The average Bonchev–Trinajstić information content (AvgIpc) is 2.72. The Bertz CT molecular complexity index is 842. The summed E-state index contributed by atoms with van der Waals surface area (Å²) in [7, 11) is 1.66. The number of carbonyl (C=O) groups is 1. The molecule has 2 aromatic carbocycles. The Morgan fingerprint density at radius 1 is 1.30 bits per heavy atom. The Kier molecular flexibility index (Phi) is 5.23. The van der Waals surface area contributed by atoms with E-state index in [4.69, 9.17) is 21.1 Å². The van der Waals surface area contributed by atoms with Crippen molar-refractivity contribution < 1.29 is 14.3 Å². The minimum atomic E-state index is -0.203. The first-order valence-corrected chi connectivity index (χ1v) is 9.60. The van der Waals surface area contributed by atoms with E-state index < -0.39 is 0 Å². The summed E-state index contributed by atoms with van der Waals surface area (Å²) in [5.41, 5.74) is 2.02. The van der Waals surface area contributed by atoms with E-state index in [2.05, 4.69) is 5.32 Å². The fourth-order valence-corrected chi connectivity index (χ4v) is 4.14. The Hall–Kier alpha value is -2.24. The number of rotatable bonds is 3. The van der Waals surface area contributed by atoms with Crippen molar-refractivity contribution in [3.8, 4) is 11.5 Å². The van der Waals surface area contributed by atoms with Crippen LogP contribution in [0.5, 0.6) is 11.5 Å². The molecular formula is C21H23ClN2O3. The number of hydrogen-bond acceptors (Lipinski definition) is 4. The zero-order valence-corrected chi connectivity index (χ0v) is 16.0. The zero-order chi connectivity index (χ0) is 18.8. The molecule has 0 saturated carbocycles. The summed E-state index contributed by atoms with van der Waals surface area (Å²) in [6.07, 6.45) is 0.650. The van der Waals surface area contributed by atoms with Crippen LogP contribution in [0.25, 0.3) is 0 Å². The normalized spacial score (nSPS) is 21.9. The fourth-order valence-electron chi connectivity index (χ4n) is 3.94. The first kappa shape index (κ1) is 18.1. The number of fused-ring (bicyclic) bond motifs is 1. The fraction of sp³-hybridized carbons (Fsp3) is 0.381. The third kappa shape index (κ3) is 3.62. The van der Waals surface area contributed by atoms with Crippen LogP contribution in [0.1, 0.15) is 17.2 Å². The molecule has 2 unspecified atom stereocenters. The number of para-hydroxylation sites is 1. The van der Waals surface area contributed by atoms with Crippen LogP contribution in [0.4, 0.5) is 0 Å². The minimum absolute atomic E-state index is 0.0526. The molecule has 0 aliphatic carbocycles. The molecule has 0 radical (unpaired) electrons. The smallest absolute Gasteiger partial charge is 0.230 e. The SMILES string of the molecule is COc1ccccc1C1CNCCN1C(=O)C1COc2ccc(Cl)cc2C1. The van der Waals surface area contributed by atoms with Gasteiger partial charge in [-0.2, -0.15) is 0 Å².